The Labute approximate surface area is 139 Å². The number of sulfonamides is 1. The number of hydrogen-bond donors (Lipinski definition) is 1. The number of rotatable bonds is 3. The number of aryl methyl sites for hydroxylation is 3. The van der Waals surface area contributed by atoms with Crippen molar-refractivity contribution in [2.24, 2.45) is 7.05 Å². The van der Waals surface area contributed by atoms with E-state index in [0.29, 0.717) is 43.3 Å². The molecule has 24 heavy (non-hydrogen) atoms. The van der Waals surface area contributed by atoms with Crippen LogP contribution in [0.4, 0.5) is 5.69 Å². The Morgan fingerprint density at radius 3 is 2.38 bits per heavy atom. The minimum absolute atomic E-state index is 0.188. The van der Waals surface area contributed by atoms with Crippen molar-refractivity contribution in [2.75, 3.05) is 31.1 Å². The molecule has 1 aliphatic rings. The monoisotopic (exact) mass is 352 g/mol. The van der Waals surface area contributed by atoms with Gasteiger partial charge in [0.05, 0.1) is 23.3 Å². The molecule has 0 aromatic carbocycles. The average Bonchev–Trinajstić information content (AvgIpc) is 2.89. The van der Waals surface area contributed by atoms with Gasteiger partial charge in [0.15, 0.2) is 0 Å². The molecule has 1 fully saturated rings. The lowest BCUT2D eigenvalue weighted by Crippen LogP contribution is -2.49. The van der Waals surface area contributed by atoms with E-state index in [9.17, 15) is 13.2 Å². The van der Waals surface area contributed by atoms with Gasteiger partial charge in [-0.1, -0.05) is 0 Å². The molecule has 1 aliphatic heterocycles. The number of nitrogens with zero attached hydrogens (tertiary/aromatic N) is 5. The highest BCUT2D eigenvalue weighted by atomic mass is 32.2. The first-order chi connectivity index (χ1) is 11.3. The van der Waals surface area contributed by atoms with Crippen LogP contribution in [0.5, 0.6) is 0 Å². The molecule has 3 heterocycles. The number of hydrogen-bond acceptors (Lipinski definition) is 6. The molecule has 0 atom stereocenters. The zero-order valence-electron chi connectivity index (χ0n) is 13.9. The van der Waals surface area contributed by atoms with Gasteiger partial charge in [0.2, 0.25) is 10.0 Å². The number of piperazine rings is 1. The maximum Gasteiger partial charge on any atom is 0.268 e. The van der Waals surface area contributed by atoms with E-state index < -0.39 is 10.0 Å². The topological polar surface area (TPSA) is 104 Å². The minimum atomic E-state index is -3.57. The van der Waals surface area contributed by atoms with Crippen molar-refractivity contribution in [3.8, 4) is 0 Å². The molecule has 9 nitrogen and oxygen atoms in total. The quantitative estimate of drug-likeness (QED) is 0.808. The molecule has 0 radical (unpaired) electrons. The summed E-state index contributed by atoms with van der Waals surface area (Å²) in [7, 11) is -1.98. The summed E-state index contributed by atoms with van der Waals surface area (Å²) in [5.41, 5.74) is 1.55. The molecule has 130 valence electrons. The van der Waals surface area contributed by atoms with E-state index in [1.54, 1.807) is 27.1 Å². The predicted octanol–water partition coefficient (Wildman–Crippen LogP) is -0.369. The SMILES string of the molecule is Cc1n[nH]c(C)c1S(=O)(=O)N1CCN(c2cnn(C)c(=O)c2)CC1. The van der Waals surface area contributed by atoms with Crippen molar-refractivity contribution < 1.29 is 8.42 Å². The number of anilines is 1. The van der Waals surface area contributed by atoms with E-state index in [-0.39, 0.29) is 10.5 Å². The van der Waals surface area contributed by atoms with E-state index in [1.165, 1.54) is 15.1 Å². The van der Waals surface area contributed by atoms with Crippen LogP contribution < -0.4 is 10.5 Å². The van der Waals surface area contributed by atoms with E-state index in [0.717, 1.165) is 0 Å². The Kier molecular flexibility index (Phi) is 4.18. The number of H-pyrrole nitrogens is 1. The Morgan fingerprint density at radius 2 is 1.83 bits per heavy atom. The fraction of sp³-hybridized carbons (Fsp3) is 0.500. The second-order valence-corrected chi connectivity index (χ2v) is 7.70. The zero-order valence-corrected chi connectivity index (χ0v) is 14.7. The van der Waals surface area contributed by atoms with E-state index in [2.05, 4.69) is 15.3 Å². The van der Waals surface area contributed by atoms with Crippen LogP contribution in [0.3, 0.4) is 0 Å². The number of nitrogens with one attached hydrogen (secondary N) is 1. The molecule has 10 heteroatoms. The number of aromatic nitrogens is 4. The van der Waals surface area contributed by atoms with Crippen molar-refractivity contribution in [1.82, 2.24) is 24.3 Å². The largest absolute Gasteiger partial charge is 0.367 e. The fourth-order valence-electron chi connectivity index (χ4n) is 2.87. The number of aromatic amines is 1. The van der Waals surface area contributed by atoms with Crippen LogP contribution in [-0.4, -0.2) is 58.9 Å². The summed E-state index contributed by atoms with van der Waals surface area (Å²) in [6.45, 7) is 5.09. The summed E-state index contributed by atoms with van der Waals surface area (Å²) in [4.78, 5) is 13.9. The molecule has 0 unspecified atom stereocenters. The van der Waals surface area contributed by atoms with Crippen LogP contribution >= 0.6 is 0 Å². The van der Waals surface area contributed by atoms with E-state index >= 15 is 0 Å². The van der Waals surface area contributed by atoms with Gasteiger partial charge in [0.1, 0.15) is 4.90 Å². The van der Waals surface area contributed by atoms with Gasteiger partial charge in [0.25, 0.3) is 5.56 Å². The molecule has 0 bridgehead atoms. The molecule has 3 rings (SSSR count). The van der Waals surface area contributed by atoms with Gasteiger partial charge in [-0.15, -0.1) is 0 Å². The van der Waals surface area contributed by atoms with Crippen LogP contribution in [0.15, 0.2) is 22.0 Å². The molecule has 2 aromatic rings. The van der Waals surface area contributed by atoms with Gasteiger partial charge in [-0.05, 0) is 13.8 Å². The van der Waals surface area contributed by atoms with Crippen molar-refractivity contribution in [3.63, 3.8) is 0 Å². The molecule has 1 saturated heterocycles. The second kappa shape index (κ2) is 6.02. The van der Waals surface area contributed by atoms with E-state index in [4.69, 9.17) is 0 Å². The third kappa shape index (κ3) is 2.82. The standard InChI is InChI=1S/C14H20N6O3S/c1-10-14(11(2)17-16-10)24(22,23)20-6-4-19(5-7-20)12-8-13(21)18(3)15-9-12/h8-9H,4-7H2,1-3H3,(H,16,17). The molecule has 0 saturated carbocycles. The van der Waals surface area contributed by atoms with E-state index in [1.807, 2.05) is 4.90 Å². The Bertz CT molecular complexity index is 889. The second-order valence-electron chi connectivity index (χ2n) is 5.83. The highest BCUT2D eigenvalue weighted by molar-refractivity contribution is 7.89. The highest BCUT2D eigenvalue weighted by Gasteiger charge is 2.32. The van der Waals surface area contributed by atoms with Gasteiger partial charge >= 0.3 is 0 Å². The van der Waals surface area contributed by atoms with Crippen LogP contribution in [0.1, 0.15) is 11.4 Å². The normalized spacial score (nSPS) is 16.5. The molecular weight excluding hydrogens is 332 g/mol. The van der Waals surface area contributed by atoms with Crippen LogP contribution in [-0.2, 0) is 17.1 Å². The lowest BCUT2D eigenvalue weighted by Gasteiger charge is -2.35. The van der Waals surface area contributed by atoms with Gasteiger partial charge in [-0.3, -0.25) is 9.89 Å². The van der Waals surface area contributed by atoms with Crippen molar-refractivity contribution in [1.29, 1.82) is 0 Å². The summed E-state index contributed by atoms with van der Waals surface area (Å²) in [5.74, 6) is 0. The highest BCUT2D eigenvalue weighted by Crippen LogP contribution is 2.23. The Hall–Kier alpha value is -2.20. The maximum absolute atomic E-state index is 12.8. The van der Waals surface area contributed by atoms with Crippen molar-refractivity contribution in [2.45, 2.75) is 18.7 Å². The van der Waals surface area contributed by atoms with Gasteiger partial charge in [0, 0.05) is 39.3 Å². The summed E-state index contributed by atoms with van der Waals surface area (Å²) >= 11 is 0. The summed E-state index contributed by atoms with van der Waals surface area (Å²) in [5, 5.41) is 10.7. The summed E-state index contributed by atoms with van der Waals surface area (Å²) in [6.07, 6.45) is 1.62. The lowest BCUT2D eigenvalue weighted by molar-refractivity contribution is 0.384. The van der Waals surface area contributed by atoms with Crippen LogP contribution in [0.25, 0.3) is 0 Å². The predicted molar refractivity (Wildman–Crippen MR) is 88.5 cm³/mol. The van der Waals surface area contributed by atoms with Crippen molar-refractivity contribution >= 4 is 15.7 Å². The van der Waals surface area contributed by atoms with Crippen molar-refractivity contribution in [3.05, 3.63) is 34.0 Å². The molecule has 0 aliphatic carbocycles. The lowest BCUT2D eigenvalue weighted by atomic mass is 10.3. The maximum atomic E-state index is 12.8. The first kappa shape index (κ1) is 16.7. The van der Waals surface area contributed by atoms with Gasteiger partial charge in [-0.2, -0.15) is 14.5 Å². The Balaban J connectivity index is 1.77. The van der Waals surface area contributed by atoms with Gasteiger partial charge in [-0.25, -0.2) is 13.1 Å². The third-order valence-corrected chi connectivity index (χ3v) is 6.38. The Morgan fingerprint density at radius 1 is 1.17 bits per heavy atom. The third-order valence-electron chi connectivity index (χ3n) is 4.22. The molecule has 1 N–H and O–H groups in total. The zero-order chi connectivity index (χ0) is 17.5. The molecule has 2 aromatic heterocycles. The molecule has 0 spiro atoms. The first-order valence-corrected chi connectivity index (χ1v) is 9.04. The van der Waals surface area contributed by atoms with Gasteiger partial charge < -0.3 is 4.90 Å². The summed E-state index contributed by atoms with van der Waals surface area (Å²) in [6, 6.07) is 1.52. The average molecular weight is 352 g/mol. The van der Waals surface area contributed by atoms with Crippen LogP contribution in [0, 0.1) is 13.8 Å². The smallest absolute Gasteiger partial charge is 0.268 e. The first-order valence-electron chi connectivity index (χ1n) is 7.60. The fourth-order valence-corrected chi connectivity index (χ4v) is 4.62. The molecular formula is C14H20N6O3S. The molecule has 0 amide bonds. The minimum Gasteiger partial charge on any atom is -0.367 e. The summed E-state index contributed by atoms with van der Waals surface area (Å²) < 4.78 is 28.3. The van der Waals surface area contributed by atoms with Crippen LogP contribution in [0.2, 0.25) is 0 Å².